The Hall–Kier alpha value is -0.450. The van der Waals surface area contributed by atoms with E-state index in [0.29, 0.717) is 6.61 Å². The summed E-state index contributed by atoms with van der Waals surface area (Å²) in [5, 5.41) is 13.0. The highest BCUT2D eigenvalue weighted by Gasteiger charge is 2.31. The SMILES string of the molecule is Cc1ncsc1CCC1(CO)CCCNC1. The van der Waals surface area contributed by atoms with Gasteiger partial charge in [0.05, 0.1) is 11.2 Å². The lowest BCUT2D eigenvalue weighted by molar-refractivity contribution is 0.0863. The first-order valence-corrected chi connectivity index (χ1v) is 6.84. The molecular formula is C12H20N2OS. The van der Waals surface area contributed by atoms with Crippen LogP contribution in [0.4, 0.5) is 0 Å². The van der Waals surface area contributed by atoms with Crippen LogP contribution in [0.1, 0.15) is 29.8 Å². The lowest BCUT2D eigenvalue weighted by Crippen LogP contribution is -2.42. The quantitative estimate of drug-likeness (QED) is 0.842. The molecule has 1 aliphatic heterocycles. The first-order valence-electron chi connectivity index (χ1n) is 5.96. The molecule has 16 heavy (non-hydrogen) atoms. The second-order valence-electron chi connectivity index (χ2n) is 4.80. The molecule has 3 nitrogen and oxygen atoms in total. The van der Waals surface area contributed by atoms with Crippen molar-refractivity contribution in [2.24, 2.45) is 5.41 Å². The van der Waals surface area contributed by atoms with Crippen molar-refractivity contribution in [3.05, 3.63) is 16.1 Å². The zero-order valence-corrected chi connectivity index (χ0v) is 10.6. The van der Waals surface area contributed by atoms with Gasteiger partial charge in [-0.1, -0.05) is 0 Å². The van der Waals surface area contributed by atoms with E-state index in [4.69, 9.17) is 0 Å². The molecule has 1 unspecified atom stereocenters. The zero-order chi connectivity index (χ0) is 11.4. The summed E-state index contributed by atoms with van der Waals surface area (Å²) in [5.74, 6) is 0. The number of nitrogens with zero attached hydrogens (tertiary/aromatic N) is 1. The molecule has 0 bridgehead atoms. The molecule has 90 valence electrons. The van der Waals surface area contributed by atoms with Gasteiger partial charge in [-0.2, -0.15) is 0 Å². The van der Waals surface area contributed by atoms with Gasteiger partial charge in [-0.25, -0.2) is 4.98 Å². The van der Waals surface area contributed by atoms with E-state index >= 15 is 0 Å². The number of hydrogen-bond donors (Lipinski definition) is 2. The molecule has 1 aromatic rings. The molecule has 0 saturated carbocycles. The van der Waals surface area contributed by atoms with Crippen molar-refractivity contribution in [2.45, 2.75) is 32.6 Å². The number of hydrogen-bond acceptors (Lipinski definition) is 4. The summed E-state index contributed by atoms with van der Waals surface area (Å²) in [7, 11) is 0. The lowest BCUT2D eigenvalue weighted by atomic mass is 9.77. The number of piperidine rings is 1. The third kappa shape index (κ3) is 2.62. The van der Waals surface area contributed by atoms with Crippen molar-refractivity contribution in [3.8, 4) is 0 Å². The van der Waals surface area contributed by atoms with E-state index in [-0.39, 0.29) is 5.41 Å². The van der Waals surface area contributed by atoms with Crippen molar-refractivity contribution in [2.75, 3.05) is 19.7 Å². The van der Waals surface area contributed by atoms with Gasteiger partial charge in [0, 0.05) is 23.4 Å². The predicted molar refractivity (Wildman–Crippen MR) is 66.8 cm³/mol. The number of aliphatic hydroxyl groups is 1. The van der Waals surface area contributed by atoms with E-state index < -0.39 is 0 Å². The number of aryl methyl sites for hydroxylation is 2. The Kier molecular flexibility index (Phi) is 3.95. The van der Waals surface area contributed by atoms with Gasteiger partial charge in [-0.3, -0.25) is 0 Å². The van der Waals surface area contributed by atoms with Crippen LogP contribution < -0.4 is 5.32 Å². The molecule has 2 rings (SSSR count). The van der Waals surface area contributed by atoms with E-state index in [1.807, 2.05) is 5.51 Å². The molecule has 0 aromatic carbocycles. The summed E-state index contributed by atoms with van der Waals surface area (Å²) in [4.78, 5) is 5.64. The minimum Gasteiger partial charge on any atom is -0.396 e. The van der Waals surface area contributed by atoms with Crippen LogP contribution in [0.5, 0.6) is 0 Å². The molecule has 0 aliphatic carbocycles. The number of thiazole rings is 1. The van der Waals surface area contributed by atoms with Gasteiger partial charge >= 0.3 is 0 Å². The number of aromatic nitrogens is 1. The molecule has 2 N–H and O–H groups in total. The van der Waals surface area contributed by atoms with Crippen molar-refractivity contribution < 1.29 is 5.11 Å². The number of rotatable bonds is 4. The third-order valence-electron chi connectivity index (χ3n) is 3.62. The van der Waals surface area contributed by atoms with Crippen LogP contribution in [-0.2, 0) is 6.42 Å². The summed E-state index contributed by atoms with van der Waals surface area (Å²) in [6.07, 6.45) is 4.45. The Morgan fingerprint density at radius 2 is 2.50 bits per heavy atom. The topological polar surface area (TPSA) is 45.2 Å². The van der Waals surface area contributed by atoms with Gasteiger partial charge in [0.25, 0.3) is 0 Å². The fourth-order valence-electron chi connectivity index (χ4n) is 2.40. The summed E-state index contributed by atoms with van der Waals surface area (Å²) in [6, 6.07) is 0. The van der Waals surface area contributed by atoms with Gasteiger partial charge in [0.1, 0.15) is 0 Å². The average Bonchev–Trinajstić information content (AvgIpc) is 2.74. The molecule has 1 saturated heterocycles. The van der Waals surface area contributed by atoms with Gasteiger partial charge in [-0.15, -0.1) is 11.3 Å². The van der Waals surface area contributed by atoms with E-state index in [0.717, 1.165) is 38.0 Å². The lowest BCUT2D eigenvalue weighted by Gasteiger charge is -2.36. The van der Waals surface area contributed by atoms with Crippen LogP contribution >= 0.6 is 11.3 Å². The van der Waals surface area contributed by atoms with Crippen molar-refractivity contribution >= 4 is 11.3 Å². The Balaban J connectivity index is 1.94. The second-order valence-corrected chi connectivity index (χ2v) is 5.74. The van der Waals surface area contributed by atoms with Crippen LogP contribution in [0.15, 0.2) is 5.51 Å². The molecule has 1 atom stereocenters. The summed E-state index contributed by atoms with van der Waals surface area (Å²) >= 11 is 1.73. The van der Waals surface area contributed by atoms with Gasteiger partial charge < -0.3 is 10.4 Å². The van der Waals surface area contributed by atoms with Crippen LogP contribution in [0.2, 0.25) is 0 Å². The summed E-state index contributed by atoms with van der Waals surface area (Å²) < 4.78 is 0. The first kappa shape index (κ1) is 12.0. The molecular weight excluding hydrogens is 220 g/mol. The van der Waals surface area contributed by atoms with Gasteiger partial charge in [-0.05, 0) is 39.2 Å². The third-order valence-corrected chi connectivity index (χ3v) is 4.62. The van der Waals surface area contributed by atoms with Gasteiger partial charge in [0.15, 0.2) is 0 Å². The maximum atomic E-state index is 9.59. The van der Waals surface area contributed by atoms with Crippen LogP contribution in [0.3, 0.4) is 0 Å². The Labute approximate surface area is 101 Å². The van der Waals surface area contributed by atoms with Crippen molar-refractivity contribution in [3.63, 3.8) is 0 Å². The highest BCUT2D eigenvalue weighted by molar-refractivity contribution is 7.09. The van der Waals surface area contributed by atoms with Gasteiger partial charge in [0.2, 0.25) is 0 Å². The van der Waals surface area contributed by atoms with E-state index in [1.165, 1.54) is 11.3 Å². The first-order chi connectivity index (χ1) is 7.76. The van der Waals surface area contributed by atoms with Crippen molar-refractivity contribution in [1.29, 1.82) is 0 Å². The minimum absolute atomic E-state index is 0.106. The maximum absolute atomic E-state index is 9.59. The van der Waals surface area contributed by atoms with Crippen molar-refractivity contribution in [1.82, 2.24) is 10.3 Å². The number of aliphatic hydroxyl groups excluding tert-OH is 1. The predicted octanol–water partition coefficient (Wildman–Crippen LogP) is 1.75. The normalized spacial score (nSPS) is 25.9. The van der Waals surface area contributed by atoms with Crippen LogP contribution in [0.25, 0.3) is 0 Å². The largest absolute Gasteiger partial charge is 0.396 e. The Morgan fingerprint density at radius 3 is 3.06 bits per heavy atom. The molecule has 1 aliphatic rings. The Morgan fingerprint density at radius 1 is 1.62 bits per heavy atom. The highest BCUT2D eigenvalue weighted by Crippen LogP contribution is 2.32. The standard InChI is InChI=1S/C12H20N2OS/c1-10-11(16-9-14-10)3-5-12(8-15)4-2-6-13-7-12/h9,13,15H,2-8H2,1H3. The monoisotopic (exact) mass is 240 g/mol. The smallest absolute Gasteiger partial charge is 0.0797 e. The molecule has 2 heterocycles. The average molecular weight is 240 g/mol. The summed E-state index contributed by atoms with van der Waals surface area (Å²) in [6.45, 7) is 4.43. The number of nitrogens with one attached hydrogen (secondary N) is 1. The van der Waals surface area contributed by atoms with E-state index in [1.54, 1.807) is 11.3 Å². The minimum atomic E-state index is 0.106. The van der Waals surface area contributed by atoms with E-state index in [9.17, 15) is 5.11 Å². The zero-order valence-electron chi connectivity index (χ0n) is 9.83. The summed E-state index contributed by atoms with van der Waals surface area (Å²) in [5.41, 5.74) is 3.17. The molecule has 1 fully saturated rings. The molecule has 0 radical (unpaired) electrons. The Bertz CT molecular complexity index is 332. The molecule has 0 spiro atoms. The molecule has 1 aromatic heterocycles. The second kappa shape index (κ2) is 5.25. The molecule has 0 amide bonds. The highest BCUT2D eigenvalue weighted by atomic mass is 32.1. The maximum Gasteiger partial charge on any atom is 0.0797 e. The van der Waals surface area contributed by atoms with Crippen LogP contribution in [-0.4, -0.2) is 29.8 Å². The van der Waals surface area contributed by atoms with Crippen LogP contribution in [0, 0.1) is 12.3 Å². The fraction of sp³-hybridized carbons (Fsp3) is 0.750. The van der Waals surface area contributed by atoms with E-state index in [2.05, 4.69) is 17.2 Å². The molecule has 4 heteroatoms. The fourth-order valence-corrected chi connectivity index (χ4v) is 3.18.